The Bertz CT molecular complexity index is 135. The fraction of sp³-hybridized carbons (Fsp3) is 0.500. The van der Waals surface area contributed by atoms with E-state index in [9.17, 15) is 0 Å². The summed E-state index contributed by atoms with van der Waals surface area (Å²) in [7, 11) is 0. The molecule has 62 valence electrons. The number of rotatable bonds is 3. The first kappa shape index (κ1) is 21.1. The molecule has 0 amide bonds. The van der Waals surface area contributed by atoms with Crippen LogP contribution in [-0.4, -0.2) is 20.1 Å². The molecule has 0 aromatic rings. The van der Waals surface area contributed by atoms with E-state index in [-0.39, 0.29) is 106 Å². The summed E-state index contributed by atoms with van der Waals surface area (Å²) in [6.45, 7) is 0. The van der Waals surface area contributed by atoms with Crippen LogP contribution in [0.4, 0.5) is 0 Å². The molecule has 2 nitrogen and oxygen atoms in total. The van der Waals surface area contributed by atoms with Crippen molar-refractivity contribution >= 4 is 56.6 Å². The molecule has 0 fully saturated rings. The van der Waals surface area contributed by atoms with Crippen LogP contribution < -0.4 is 114 Å². The van der Waals surface area contributed by atoms with E-state index in [1.165, 1.54) is 23.5 Å². The largest absolute Gasteiger partial charge is 1.00 e. The normalized spacial score (nSPS) is 7.67. The first-order valence-corrected chi connectivity index (χ1v) is 5.26. The topological polar surface area (TPSA) is 52.0 Å². The van der Waals surface area contributed by atoms with Crippen LogP contribution in [0, 0.1) is 0 Å². The summed E-state index contributed by atoms with van der Waals surface area (Å²) in [6, 6.07) is 0. The van der Waals surface area contributed by atoms with Gasteiger partial charge >= 0.3 is 103 Å². The van der Waals surface area contributed by atoms with E-state index in [1.54, 1.807) is 0 Å². The van der Waals surface area contributed by atoms with E-state index in [2.05, 4.69) is 24.4 Å². The fourth-order valence-electron chi connectivity index (χ4n) is 0.285. The minimum Gasteiger partial charge on any atom is -1.00 e. The van der Waals surface area contributed by atoms with E-state index in [0.717, 1.165) is 11.5 Å². The van der Waals surface area contributed by atoms with Crippen molar-refractivity contribution in [2.75, 3.05) is 11.5 Å². The van der Waals surface area contributed by atoms with E-state index >= 15 is 0 Å². The molecule has 0 heterocycles. The quantitative estimate of drug-likeness (QED) is 0.309. The maximum absolute atomic E-state index is 5.23. The molecular weight excluding hydrogens is 283 g/mol. The zero-order valence-corrected chi connectivity index (χ0v) is 16.7. The second kappa shape index (κ2) is 14.8. The van der Waals surface area contributed by atoms with Crippen LogP contribution in [0.1, 0.15) is 2.85 Å². The van der Waals surface area contributed by atoms with Crippen LogP contribution in [0.5, 0.6) is 0 Å². The minimum atomic E-state index is 0. The van der Waals surface area contributed by atoms with Crippen molar-refractivity contribution in [1.29, 1.82) is 0 Å². The zero-order valence-electron chi connectivity index (χ0n) is 9.20. The Labute approximate surface area is 180 Å². The minimum absolute atomic E-state index is 0. The number of hydrogen-bond donors (Lipinski definition) is 2. The van der Waals surface area contributed by atoms with Gasteiger partial charge in [-0.15, -0.1) is 0 Å². The molecule has 4 N–H and O–H groups in total. The Kier molecular flexibility index (Phi) is 25.9. The van der Waals surface area contributed by atoms with Gasteiger partial charge in [-0.25, -0.2) is 0 Å². The molecule has 0 unspecified atom stereocenters. The molecule has 0 radical (unpaired) electrons. The molecule has 0 rings (SSSR count). The number of thiocarbonyl (C=S) groups is 2. The molecular formula is C4H10K2N2S4. The second-order valence-corrected chi connectivity index (χ2v) is 5.00. The predicted octanol–water partition coefficient (Wildman–Crippen LogP) is -4.83. The van der Waals surface area contributed by atoms with E-state index in [0.29, 0.717) is 8.64 Å². The first-order valence-electron chi connectivity index (χ1n) is 2.47. The van der Waals surface area contributed by atoms with Gasteiger partial charge in [0.05, 0.1) is 0 Å². The first-order chi connectivity index (χ1) is 4.63. The smallest absolute Gasteiger partial charge is 1.00 e. The fourth-order valence-corrected chi connectivity index (χ4v) is 1.85. The van der Waals surface area contributed by atoms with Crippen molar-refractivity contribution in [2.45, 2.75) is 0 Å². The summed E-state index contributed by atoms with van der Waals surface area (Å²) < 4.78 is 0.951. The molecule has 0 aromatic heterocycles. The Balaban J connectivity index is -0.0000000675. The molecule has 0 atom stereocenters. The Hall–Kier alpha value is 3.75. The van der Waals surface area contributed by atoms with Gasteiger partial charge in [-0.05, 0) is 0 Å². The molecule has 0 aliphatic rings. The molecule has 12 heavy (non-hydrogen) atoms. The predicted molar refractivity (Wildman–Crippen MR) is 60.7 cm³/mol. The van der Waals surface area contributed by atoms with Gasteiger partial charge in [0.1, 0.15) is 8.64 Å². The summed E-state index contributed by atoms with van der Waals surface area (Å²) in [5, 5.41) is 0. The molecule has 0 aromatic carbocycles. The number of hydrogen-bond acceptors (Lipinski definition) is 4. The summed E-state index contributed by atoms with van der Waals surface area (Å²) in [4.78, 5) is 0. The third kappa shape index (κ3) is 19.3. The van der Waals surface area contributed by atoms with Crippen LogP contribution in [0.25, 0.3) is 0 Å². The average molecular weight is 293 g/mol. The Morgan fingerprint density at radius 3 is 1.42 bits per heavy atom. The molecule has 8 heteroatoms. The molecule has 0 spiro atoms. The number of thioether (sulfide) groups is 2. The summed E-state index contributed by atoms with van der Waals surface area (Å²) >= 11 is 12.2. The van der Waals surface area contributed by atoms with Gasteiger partial charge in [0.25, 0.3) is 0 Å². The SMILES string of the molecule is NC(=S)SCCSC(N)=S.[H-].[H-].[K+].[K+]. The van der Waals surface area contributed by atoms with E-state index in [4.69, 9.17) is 11.5 Å². The number of nitrogens with two attached hydrogens (primary N) is 2. The van der Waals surface area contributed by atoms with Crippen molar-refractivity contribution in [1.82, 2.24) is 0 Å². The van der Waals surface area contributed by atoms with Crippen molar-refractivity contribution in [3.8, 4) is 0 Å². The van der Waals surface area contributed by atoms with Crippen LogP contribution in [0.2, 0.25) is 0 Å². The van der Waals surface area contributed by atoms with Gasteiger partial charge in [-0.2, -0.15) is 0 Å². The third-order valence-electron chi connectivity index (χ3n) is 0.572. The maximum Gasteiger partial charge on any atom is 1.00 e. The second-order valence-electron chi connectivity index (χ2n) is 1.33. The van der Waals surface area contributed by atoms with E-state index in [1.807, 2.05) is 0 Å². The van der Waals surface area contributed by atoms with Crippen molar-refractivity contribution in [3.63, 3.8) is 0 Å². The van der Waals surface area contributed by atoms with Gasteiger partial charge in [0, 0.05) is 11.5 Å². The molecule has 0 bridgehead atoms. The molecule has 0 aliphatic heterocycles. The maximum atomic E-state index is 5.23. The summed E-state index contributed by atoms with van der Waals surface area (Å²) in [6.07, 6.45) is 0. The van der Waals surface area contributed by atoms with Gasteiger partial charge in [-0.1, -0.05) is 48.0 Å². The monoisotopic (exact) mass is 292 g/mol. The summed E-state index contributed by atoms with van der Waals surface area (Å²) in [5.74, 6) is 1.74. The zero-order chi connectivity index (χ0) is 7.98. The average Bonchev–Trinajstić information content (AvgIpc) is 1.79. The van der Waals surface area contributed by atoms with E-state index < -0.39 is 0 Å². The van der Waals surface area contributed by atoms with Gasteiger partial charge in [-0.3, -0.25) is 0 Å². The third-order valence-corrected chi connectivity index (χ3v) is 2.92. The van der Waals surface area contributed by atoms with Crippen molar-refractivity contribution < 1.29 is 106 Å². The summed E-state index contributed by atoms with van der Waals surface area (Å²) in [5.41, 5.74) is 10.5. The van der Waals surface area contributed by atoms with Crippen molar-refractivity contribution in [2.24, 2.45) is 11.5 Å². The molecule has 0 saturated heterocycles. The standard InChI is InChI=1S/C4H8N2S4.2K.2H/c5-3(7)9-1-2-10-4(6)8;;;;/h1-2H2,(H2,5,7)(H2,6,8);;;;/q;2*+1;2*-1. The Morgan fingerprint density at radius 2 is 1.25 bits per heavy atom. The molecule has 0 saturated carbocycles. The Morgan fingerprint density at radius 1 is 1.00 bits per heavy atom. The van der Waals surface area contributed by atoms with Crippen LogP contribution in [0.3, 0.4) is 0 Å². The van der Waals surface area contributed by atoms with Gasteiger partial charge < -0.3 is 14.3 Å². The van der Waals surface area contributed by atoms with Gasteiger partial charge in [0.15, 0.2) is 0 Å². The molecule has 0 aliphatic carbocycles. The van der Waals surface area contributed by atoms with Gasteiger partial charge in [0.2, 0.25) is 0 Å². The van der Waals surface area contributed by atoms with Crippen LogP contribution in [0.15, 0.2) is 0 Å². The van der Waals surface area contributed by atoms with Crippen LogP contribution >= 0.6 is 48.0 Å². The van der Waals surface area contributed by atoms with Crippen molar-refractivity contribution in [3.05, 3.63) is 0 Å². The van der Waals surface area contributed by atoms with Crippen LogP contribution in [-0.2, 0) is 0 Å².